The van der Waals surface area contributed by atoms with E-state index in [4.69, 9.17) is 0 Å². The minimum atomic E-state index is -0.420. The summed E-state index contributed by atoms with van der Waals surface area (Å²) in [6.07, 6.45) is 5.60. The van der Waals surface area contributed by atoms with Crippen LogP contribution in [0, 0.1) is 5.82 Å². The molecule has 3 aromatic rings. The Labute approximate surface area is 154 Å². The van der Waals surface area contributed by atoms with E-state index in [-0.39, 0.29) is 29.3 Å². The van der Waals surface area contributed by atoms with Gasteiger partial charge in [0.1, 0.15) is 17.7 Å². The van der Waals surface area contributed by atoms with E-state index in [1.807, 2.05) is 0 Å². The Hall–Kier alpha value is -3.10. The van der Waals surface area contributed by atoms with Crippen LogP contribution in [-0.4, -0.2) is 48.7 Å². The molecule has 2 aromatic heterocycles. The zero-order valence-corrected chi connectivity index (χ0v) is 14.7. The van der Waals surface area contributed by atoms with Gasteiger partial charge in [-0.1, -0.05) is 18.1 Å². The maximum atomic E-state index is 13.1. The maximum Gasteiger partial charge on any atom is 0.281 e. The molecule has 0 spiro atoms. The Kier molecular flexibility index (Phi) is 4.66. The van der Waals surface area contributed by atoms with Gasteiger partial charge >= 0.3 is 0 Å². The van der Waals surface area contributed by atoms with Crippen molar-refractivity contribution in [3.05, 3.63) is 46.6 Å². The van der Waals surface area contributed by atoms with Crippen molar-refractivity contribution in [2.45, 2.75) is 32.2 Å². The molecule has 1 aliphatic heterocycles. The summed E-state index contributed by atoms with van der Waals surface area (Å²) in [5.41, 5.74) is 0.417. The summed E-state index contributed by atoms with van der Waals surface area (Å²) in [5.74, 6) is -0.491. The number of amides is 1. The van der Waals surface area contributed by atoms with E-state index in [1.165, 1.54) is 35.1 Å². The Morgan fingerprint density at radius 3 is 2.48 bits per heavy atom. The van der Waals surface area contributed by atoms with E-state index in [2.05, 4.69) is 15.4 Å². The SMILES string of the molecule is O=C(Cn1nnc2c(cnn2-c2ccc(F)cc2)c1=O)N1CCCCCC1. The molecule has 0 aliphatic carbocycles. The quantitative estimate of drug-likeness (QED) is 0.698. The summed E-state index contributed by atoms with van der Waals surface area (Å²) in [7, 11) is 0. The average molecular weight is 370 g/mol. The highest BCUT2D eigenvalue weighted by Crippen LogP contribution is 2.14. The Balaban J connectivity index is 1.62. The zero-order valence-electron chi connectivity index (χ0n) is 14.7. The van der Waals surface area contributed by atoms with Crippen LogP contribution < -0.4 is 5.56 Å². The van der Waals surface area contributed by atoms with Gasteiger partial charge in [-0.25, -0.2) is 13.8 Å². The molecule has 3 heterocycles. The third-order valence-corrected chi connectivity index (χ3v) is 4.77. The molecule has 0 saturated carbocycles. The first-order chi connectivity index (χ1) is 13.1. The standard InChI is InChI=1S/C18H19FN6O2/c19-13-5-7-14(8-6-13)25-17-15(11-20-25)18(27)24(22-21-17)12-16(26)23-9-3-1-2-4-10-23/h5-8,11H,1-4,9-10,12H2. The molecule has 0 unspecified atom stereocenters. The highest BCUT2D eigenvalue weighted by molar-refractivity contribution is 5.77. The average Bonchev–Trinajstić information content (AvgIpc) is 2.91. The molecule has 1 aromatic carbocycles. The topological polar surface area (TPSA) is 85.9 Å². The molecule has 9 heteroatoms. The molecule has 1 fully saturated rings. The smallest absolute Gasteiger partial charge is 0.281 e. The van der Waals surface area contributed by atoms with Crippen LogP contribution >= 0.6 is 0 Å². The van der Waals surface area contributed by atoms with Gasteiger partial charge in [0.25, 0.3) is 5.56 Å². The van der Waals surface area contributed by atoms with Gasteiger partial charge in [-0.3, -0.25) is 9.59 Å². The van der Waals surface area contributed by atoms with Gasteiger partial charge in [0.15, 0.2) is 5.65 Å². The lowest BCUT2D eigenvalue weighted by Gasteiger charge is -2.20. The number of likely N-dealkylation sites (tertiary alicyclic amines) is 1. The van der Waals surface area contributed by atoms with Crippen molar-refractivity contribution in [3.63, 3.8) is 0 Å². The molecule has 140 valence electrons. The molecule has 27 heavy (non-hydrogen) atoms. The number of aromatic nitrogens is 5. The van der Waals surface area contributed by atoms with Crippen molar-refractivity contribution in [2.75, 3.05) is 13.1 Å². The lowest BCUT2D eigenvalue weighted by molar-refractivity contribution is -0.132. The molecule has 1 saturated heterocycles. The first kappa shape index (κ1) is 17.3. The van der Waals surface area contributed by atoms with E-state index in [1.54, 1.807) is 4.90 Å². The molecule has 0 atom stereocenters. The molecule has 1 amide bonds. The van der Waals surface area contributed by atoms with Crippen LogP contribution in [0.1, 0.15) is 25.7 Å². The van der Waals surface area contributed by atoms with Crippen LogP contribution in [0.4, 0.5) is 4.39 Å². The second-order valence-corrected chi connectivity index (χ2v) is 6.62. The predicted molar refractivity (Wildman–Crippen MR) is 95.9 cm³/mol. The lowest BCUT2D eigenvalue weighted by Crippen LogP contribution is -2.38. The number of nitrogens with zero attached hydrogens (tertiary/aromatic N) is 6. The van der Waals surface area contributed by atoms with Crippen molar-refractivity contribution < 1.29 is 9.18 Å². The second-order valence-electron chi connectivity index (χ2n) is 6.62. The predicted octanol–water partition coefficient (Wildman–Crippen LogP) is 1.52. The van der Waals surface area contributed by atoms with Crippen LogP contribution in [0.2, 0.25) is 0 Å². The van der Waals surface area contributed by atoms with Gasteiger partial charge in [0.05, 0.1) is 11.9 Å². The second kappa shape index (κ2) is 7.26. The van der Waals surface area contributed by atoms with Crippen molar-refractivity contribution in [1.82, 2.24) is 29.7 Å². The molecule has 1 aliphatic rings. The third kappa shape index (κ3) is 3.44. The van der Waals surface area contributed by atoms with Gasteiger partial charge in [0.2, 0.25) is 5.91 Å². The van der Waals surface area contributed by atoms with E-state index < -0.39 is 5.56 Å². The molecule has 4 rings (SSSR count). The van der Waals surface area contributed by atoms with E-state index in [0.717, 1.165) is 30.4 Å². The highest BCUT2D eigenvalue weighted by atomic mass is 19.1. The minimum Gasteiger partial charge on any atom is -0.341 e. The molecular formula is C18H19FN6O2. The Bertz CT molecular complexity index is 1020. The summed E-state index contributed by atoms with van der Waals surface area (Å²) in [6.45, 7) is 1.29. The number of hydrogen-bond donors (Lipinski definition) is 0. The summed E-state index contributed by atoms with van der Waals surface area (Å²) >= 11 is 0. The number of rotatable bonds is 3. The number of halogens is 1. The van der Waals surface area contributed by atoms with Crippen LogP contribution in [0.5, 0.6) is 0 Å². The summed E-state index contributed by atoms with van der Waals surface area (Å²) < 4.78 is 15.6. The summed E-state index contributed by atoms with van der Waals surface area (Å²) in [6, 6.07) is 5.68. The molecule has 0 radical (unpaired) electrons. The zero-order chi connectivity index (χ0) is 18.8. The number of carbonyl (C=O) groups excluding carboxylic acids is 1. The van der Waals surface area contributed by atoms with Crippen molar-refractivity contribution in [3.8, 4) is 5.69 Å². The highest BCUT2D eigenvalue weighted by Gasteiger charge is 2.19. The number of carbonyl (C=O) groups is 1. The fourth-order valence-corrected chi connectivity index (χ4v) is 3.29. The van der Waals surface area contributed by atoms with Crippen molar-refractivity contribution in [1.29, 1.82) is 0 Å². The van der Waals surface area contributed by atoms with Crippen molar-refractivity contribution in [2.24, 2.45) is 0 Å². The summed E-state index contributed by atoms with van der Waals surface area (Å²) in [4.78, 5) is 27.0. The van der Waals surface area contributed by atoms with E-state index >= 15 is 0 Å². The monoisotopic (exact) mass is 370 g/mol. The first-order valence-corrected chi connectivity index (χ1v) is 8.99. The number of benzene rings is 1. The van der Waals surface area contributed by atoms with Crippen LogP contribution in [-0.2, 0) is 11.3 Å². The van der Waals surface area contributed by atoms with Gasteiger partial charge in [-0.15, -0.1) is 5.10 Å². The molecular weight excluding hydrogens is 351 g/mol. The van der Waals surface area contributed by atoms with Gasteiger partial charge in [-0.2, -0.15) is 5.10 Å². The van der Waals surface area contributed by atoms with Crippen LogP contribution in [0.15, 0.2) is 35.3 Å². The summed E-state index contributed by atoms with van der Waals surface area (Å²) in [5, 5.41) is 12.4. The fraction of sp³-hybridized carbons (Fsp3) is 0.389. The first-order valence-electron chi connectivity index (χ1n) is 8.99. The van der Waals surface area contributed by atoms with E-state index in [0.29, 0.717) is 18.8 Å². The van der Waals surface area contributed by atoms with Crippen LogP contribution in [0.25, 0.3) is 16.7 Å². The molecule has 8 nitrogen and oxygen atoms in total. The van der Waals surface area contributed by atoms with Crippen molar-refractivity contribution >= 4 is 16.9 Å². The number of fused-ring (bicyclic) bond motifs is 1. The largest absolute Gasteiger partial charge is 0.341 e. The van der Waals surface area contributed by atoms with Crippen LogP contribution in [0.3, 0.4) is 0 Å². The van der Waals surface area contributed by atoms with Gasteiger partial charge in [0, 0.05) is 13.1 Å². The maximum absolute atomic E-state index is 13.1. The molecule has 0 N–H and O–H groups in total. The van der Waals surface area contributed by atoms with Gasteiger partial charge < -0.3 is 4.90 Å². The Morgan fingerprint density at radius 2 is 1.78 bits per heavy atom. The van der Waals surface area contributed by atoms with Gasteiger partial charge in [-0.05, 0) is 37.1 Å². The van der Waals surface area contributed by atoms with E-state index in [9.17, 15) is 14.0 Å². The molecule has 0 bridgehead atoms. The lowest BCUT2D eigenvalue weighted by atomic mass is 10.2. The Morgan fingerprint density at radius 1 is 1.07 bits per heavy atom. The third-order valence-electron chi connectivity index (χ3n) is 4.77. The number of hydrogen-bond acceptors (Lipinski definition) is 5. The normalized spacial score (nSPS) is 15.1. The minimum absolute atomic E-state index is 0.126. The fourth-order valence-electron chi connectivity index (χ4n) is 3.29.